The van der Waals surface area contributed by atoms with Crippen LogP contribution in [0.2, 0.25) is 0 Å². The Labute approximate surface area is 108 Å². The predicted molar refractivity (Wildman–Crippen MR) is 77.1 cm³/mol. The van der Waals surface area contributed by atoms with Gasteiger partial charge in [-0.3, -0.25) is 0 Å². The van der Waals surface area contributed by atoms with Crippen molar-refractivity contribution in [3.05, 3.63) is 47.7 Å². The van der Waals surface area contributed by atoms with Gasteiger partial charge in [-0.25, -0.2) is 4.98 Å². The van der Waals surface area contributed by atoms with Gasteiger partial charge >= 0.3 is 0 Å². The van der Waals surface area contributed by atoms with E-state index in [-0.39, 0.29) is 0 Å². The zero-order chi connectivity index (χ0) is 13.0. The van der Waals surface area contributed by atoms with Crippen molar-refractivity contribution in [2.75, 3.05) is 11.1 Å². The fourth-order valence-corrected chi connectivity index (χ4v) is 1.85. The Bertz CT molecular complexity index is 518. The van der Waals surface area contributed by atoms with E-state index in [1.807, 2.05) is 13.0 Å². The molecule has 0 saturated heterocycles. The van der Waals surface area contributed by atoms with Crippen LogP contribution in [0.4, 0.5) is 17.2 Å². The summed E-state index contributed by atoms with van der Waals surface area (Å²) in [5.41, 5.74) is 10.1. The molecule has 94 valence electrons. The number of nitrogens with two attached hydrogens (primary N) is 1. The highest BCUT2D eigenvalue weighted by Crippen LogP contribution is 2.23. The van der Waals surface area contributed by atoms with Crippen LogP contribution in [0.5, 0.6) is 0 Å². The molecule has 0 aliphatic heterocycles. The zero-order valence-corrected chi connectivity index (χ0v) is 10.9. The third-order valence-corrected chi connectivity index (χ3v) is 2.96. The molecule has 0 spiro atoms. The summed E-state index contributed by atoms with van der Waals surface area (Å²) < 4.78 is 0. The first-order valence-electron chi connectivity index (χ1n) is 6.27. The number of rotatable bonds is 4. The fourth-order valence-electron chi connectivity index (χ4n) is 1.85. The van der Waals surface area contributed by atoms with E-state index in [1.54, 1.807) is 6.20 Å². The Hall–Kier alpha value is -2.03. The van der Waals surface area contributed by atoms with Crippen LogP contribution in [-0.4, -0.2) is 4.98 Å². The topological polar surface area (TPSA) is 50.9 Å². The van der Waals surface area contributed by atoms with Crippen molar-refractivity contribution in [3.63, 3.8) is 0 Å². The molecule has 0 bridgehead atoms. The van der Waals surface area contributed by atoms with E-state index in [9.17, 15) is 0 Å². The Morgan fingerprint density at radius 2 is 1.89 bits per heavy atom. The molecule has 2 rings (SSSR count). The number of aryl methyl sites for hydroxylation is 2. The van der Waals surface area contributed by atoms with Gasteiger partial charge in [-0.05, 0) is 42.7 Å². The molecule has 0 fully saturated rings. The molecule has 18 heavy (non-hydrogen) atoms. The SMILES string of the molecule is CCCc1ccc(Nc2nccc(C)c2N)cc1. The van der Waals surface area contributed by atoms with E-state index >= 15 is 0 Å². The fraction of sp³-hybridized carbons (Fsp3) is 0.267. The van der Waals surface area contributed by atoms with Crippen LogP contribution >= 0.6 is 0 Å². The molecule has 0 radical (unpaired) electrons. The summed E-state index contributed by atoms with van der Waals surface area (Å²) in [4.78, 5) is 4.26. The number of anilines is 3. The van der Waals surface area contributed by atoms with Crippen molar-refractivity contribution in [2.24, 2.45) is 0 Å². The van der Waals surface area contributed by atoms with Crippen molar-refractivity contribution in [1.29, 1.82) is 0 Å². The van der Waals surface area contributed by atoms with Crippen molar-refractivity contribution in [3.8, 4) is 0 Å². The molecule has 1 aromatic carbocycles. The average Bonchev–Trinajstić information content (AvgIpc) is 2.38. The third kappa shape index (κ3) is 2.80. The van der Waals surface area contributed by atoms with Crippen LogP contribution in [0.1, 0.15) is 24.5 Å². The van der Waals surface area contributed by atoms with Crippen LogP contribution < -0.4 is 11.1 Å². The Morgan fingerprint density at radius 3 is 2.56 bits per heavy atom. The zero-order valence-electron chi connectivity index (χ0n) is 10.9. The summed E-state index contributed by atoms with van der Waals surface area (Å²) in [6, 6.07) is 10.3. The molecule has 1 aromatic heterocycles. The van der Waals surface area contributed by atoms with Crippen molar-refractivity contribution in [1.82, 2.24) is 4.98 Å². The smallest absolute Gasteiger partial charge is 0.153 e. The first kappa shape index (κ1) is 12.4. The molecule has 3 heteroatoms. The summed E-state index contributed by atoms with van der Waals surface area (Å²) in [6.07, 6.45) is 4.05. The van der Waals surface area contributed by atoms with Gasteiger partial charge in [0, 0.05) is 11.9 Å². The lowest BCUT2D eigenvalue weighted by Crippen LogP contribution is -2.00. The van der Waals surface area contributed by atoms with Gasteiger partial charge in [0.15, 0.2) is 5.82 Å². The molecule has 0 amide bonds. The second-order valence-corrected chi connectivity index (χ2v) is 4.46. The minimum atomic E-state index is 0.704. The lowest BCUT2D eigenvalue weighted by atomic mass is 10.1. The number of pyridine rings is 1. The van der Waals surface area contributed by atoms with Crippen LogP contribution in [0.25, 0.3) is 0 Å². The van der Waals surface area contributed by atoms with E-state index < -0.39 is 0 Å². The Kier molecular flexibility index (Phi) is 3.82. The molecule has 1 heterocycles. The van der Waals surface area contributed by atoms with Gasteiger partial charge < -0.3 is 11.1 Å². The summed E-state index contributed by atoms with van der Waals surface area (Å²) in [5, 5.41) is 3.25. The minimum absolute atomic E-state index is 0.704. The minimum Gasteiger partial charge on any atom is -0.396 e. The molecule has 0 aliphatic rings. The lowest BCUT2D eigenvalue weighted by molar-refractivity contribution is 0.922. The highest BCUT2D eigenvalue weighted by atomic mass is 15.0. The van der Waals surface area contributed by atoms with Crippen molar-refractivity contribution < 1.29 is 0 Å². The number of nitrogens with zero attached hydrogens (tertiary/aromatic N) is 1. The number of nitrogen functional groups attached to an aromatic ring is 1. The number of aromatic nitrogens is 1. The van der Waals surface area contributed by atoms with Crippen molar-refractivity contribution in [2.45, 2.75) is 26.7 Å². The van der Waals surface area contributed by atoms with Gasteiger partial charge in [0.2, 0.25) is 0 Å². The second kappa shape index (κ2) is 5.54. The van der Waals surface area contributed by atoms with Crippen molar-refractivity contribution >= 4 is 17.2 Å². The predicted octanol–water partition coefficient (Wildman–Crippen LogP) is 3.67. The van der Waals surface area contributed by atoms with Gasteiger partial charge in [-0.1, -0.05) is 25.5 Å². The van der Waals surface area contributed by atoms with Crippen LogP contribution in [0.15, 0.2) is 36.5 Å². The molecule has 3 N–H and O–H groups in total. The molecule has 0 unspecified atom stereocenters. The number of benzene rings is 1. The molecule has 0 aliphatic carbocycles. The summed E-state index contributed by atoms with van der Waals surface area (Å²) in [5.74, 6) is 0.721. The molecular formula is C15H19N3. The van der Waals surface area contributed by atoms with Gasteiger partial charge in [0.25, 0.3) is 0 Å². The second-order valence-electron chi connectivity index (χ2n) is 4.46. The Balaban J connectivity index is 2.16. The lowest BCUT2D eigenvalue weighted by Gasteiger charge is -2.10. The van der Waals surface area contributed by atoms with Gasteiger partial charge in [-0.2, -0.15) is 0 Å². The maximum Gasteiger partial charge on any atom is 0.153 e. The first-order chi connectivity index (χ1) is 8.70. The largest absolute Gasteiger partial charge is 0.396 e. The third-order valence-electron chi connectivity index (χ3n) is 2.96. The standard InChI is InChI=1S/C15H19N3/c1-3-4-12-5-7-13(8-6-12)18-15-14(16)11(2)9-10-17-15/h5-10H,3-4,16H2,1-2H3,(H,17,18). The summed E-state index contributed by atoms with van der Waals surface area (Å²) >= 11 is 0. The number of hydrogen-bond acceptors (Lipinski definition) is 3. The van der Waals surface area contributed by atoms with E-state index in [2.05, 4.69) is 41.5 Å². The molecule has 0 saturated carbocycles. The van der Waals surface area contributed by atoms with E-state index in [1.165, 1.54) is 12.0 Å². The van der Waals surface area contributed by atoms with E-state index in [4.69, 9.17) is 5.73 Å². The highest BCUT2D eigenvalue weighted by Gasteiger charge is 2.03. The average molecular weight is 241 g/mol. The van der Waals surface area contributed by atoms with E-state index in [0.717, 1.165) is 23.5 Å². The molecule has 3 nitrogen and oxygen atoms in total. The Morgan fingerprint density at radius 1 is 1.17 bits per heavy atom. The molecule has 0 atom stereocenters. The highest BCUT2D eigenvalue weighted by molar-refractivity contribution is 5.71. The van der Waals surface area contributed by atoms with Gasteiger partial charge in [-0.15, -0.1) is 0 Å². The van der Waals surface area contributed by atoms with Crippen LogP contribution in [-0.2, 0) is 6.42 Å². The first-order valence-corrected chi connectivity index (χ1v) is 6.27. The summed E-state index contributed by atoms with van der Waals surface area (Å²) in [6.45, 7) is 4.16. The van der Waals surface area contributed by atoms with E-state index in [0.29, 0.717) is 5.69 Å². The quantitative estimate of drug-likeness (QED) is 0.858. The maximum absolute atomic E-state index is 5.98. The van der Waals surface area contributed by atoms with Gasteiger partial charge in [0.1, 0.15) is 0 Å². The van der Waals surface area contributed by atoms with Gasteiger partial charge in [0.05, 0.1) is 5.69 Å². The number of hydrogen-bond donors (Lipinski definition) is 2. The summed E-state index contributed by atoms with van der Waals surface area (Å²) in [7, 11) is 0. The number of nitrogens with one attached hydrogen (secondary N) is 1. The molecule has 2 aromatic rings. The van der Waals surface area contributed by atoms with Crippen LogP contribution in [0, 0.1) is 6.92 Å². The monoisotopic (exact) mass is 241 g/mol. The maximum atomic E-state index is 5.98. The molecular weight excluding hydrogens is 222 g/mol. The van der Waals surface area contributed by atoms with Crippen LogP contribution in [0.3, 0.4) is 0 Å². The normalized spacial score (nSPS) is 10.3.